The number of likely N-dealkylation sites (N-methyl/N-ethyl adjacent to an activating group) is 1. The first-order valence-corrected chi connectivity index (χ1v) is 5.12. The van der Waals surface area contributed by atoms with E-state index in [1.165, 1.54) is 11.9 Å². The number of hydrogen-bond donors (Lipinski definition) is 0. The van der Waals surface area contributed by atoms with Crippen LogP contribution < -0.4 is 24.0 Å². The van der Waals surface area contributed by atoms with Gasteiger partial charge in [-0.2, -0.15) is 0 Å². The third kappa shape index (κ3) is 9.82. The van der Waals surface area contributed by atoms with E-state index in [0.717, 1.165) is 25.7 Å². The Hall–Kier alpha value is -0.723. The fourth-order valence-electron chi connectivity index (χ4n) is 1.21. The molecule has 0 aliphatic carbocycles. The van der Waals surface area contributed by atoms with Gasteiger partial charge in [-0.25, -0.2) is 0 Å². The smallest absolute Gasteiger partial charge is 0.548 e. The predicted octanol–water partition coefficient (Wildman–Crippen LogP) is -2.66. The third-order valence-corrected chi connectivity index (χ3v) is 2.09. The average Bonchev–Trinajstić information content (AvgIpc) is 2.16. The molecule has 86 valence electrons. The molecule has 0 fully saturated rings. The summed E-state index contributed by atoms with van der Waals surface area (Å²) in [5.41, 5.74) is 0. The molecule has 1 amide bonds. The van der Waals surface area contributed by atoms with Crippen LogP contribution in [-0.4, -0.2) is 30.4 Å². The van der Waals surface area contributed by atoms with E-state index in [-0.39, 0.29) is 31.3 Å². The Labute approximate surface area is 109 Å². The Bertz CT molecular complexity index is 231. The maximum absolute atomic E-state index is 11.3. The van der Waals surface area contributed by atoms with E-state index in [0.29, 0.717) is 6.42 Å². The molecule has 0 saturated heterocycles. The summed E-state index contributed by atoms with van der Waals surface area (Å²) in [6, 6.07) is 0. The number of carbonyl (C=O) groups excluding carboxylic acids is 2. The van der Waals surface area contributed by atoms with Gasteiger partial charge >= 0.3 is 18.9 Å². The summed E-state index contributed by atoms with van der Waals surface area (Å²) < 4.78 is 0. The van der Waals surface area contributed by atoms with Gasteiger partial charge in [-0.3, -0.25) is 4.79 Å². The van der Waals surface area contributed by atoms with Gasteiger partial charge in [0.25, 0.3) is 0 Å². The number of carbonyl (C=O) groups is 2. The summed E-state index contributed by atoms with van der Waals surface area (Å²) in [6.45, 7) is 3.28. The first kappa shape index (κ1) is 17.7. The minimum atomic E-state index is -1.22. The molecule has 4 nitrogen and oxygen atoms in total. The van der Waals surface area contributed by atoms with E-state index in [9.17, 15) is 14.7 Å². The quantitative estimate of drug-likeness (QED) is 0.254. The van der Waals surface area contributed by atoms with Crippen molar-refractivity contribution >= 4 is 11.9 Å². The predicted molar refractivity (Wildman–Crippen MR) is 55.9 cm³/mol. The van der Waals surface area contributed by atoms with E-state index in [1.807, 2.05) is 6.08 Å². The van der Waals surface area contributed by atoms with Crippen LogP contribution in [0.15, 0.2) is 12.7 Å². The fraction of sp³-hybridized carbons (Fsp3) is 0.636. The molecule has 5 heteroatoms. The minimum absolute atomic E-state index is 0. The molecule has 0 unspecified atom stereocenters. The second kappa shape index (κ2) is 10.8. The topological polar surface area (TPSA) is 60.4 Å². The Morgan fingerprint density at radius 3 is 2.44 bits per heavy atom. The third-order valence-electron chi connectivity index (χ3n) is 2.09. The fourth-order valence-corrected chi connectivity index (χ4v) is 1.21. The molecule has 0 aromatic heterocycles. The summed E-state index contributed by atoms with van der Waals surface area (Å²) in [6.07, 6.45) is 6.01. The first-order chi connectivity index (χ1) is 7.07. The Morgan fingerprint density at radius 1 is 1.31 bits per heavy atom. The molecular formula is C11H18LiNO3. The van der Waals surface area contributed by atoms with Gasteiger partial charge in [-0.15, -0.1) is 6.58 Å². The Kier molecular flexibility index (Phi) is 11.9. The van der Waals surface area contributed by atoms with Crippen molar-refractivity contribution in [2.45, 2.75) is 32.1 Å². The molecule has 0 atom stereocenters. The summed E-state index contributed by atoms with van der Waals surface area (Å²) >= 11 is 0. The van der Waals surface area contributed by atoms with Gasteiger partial charge in [0.2, 0.25) is 5.91 Å². The van der Waals surface area contributed by atoms with Gasteiger partial charge in [0, 0.05) is 13.5 Å². The second-order valence-corrected chi connectivity index (χ2v) is 3.51. The van der Waals surface area contributed by atoms with E-state index in [2.05, 4.69) is 6.58 Å². The molecule has 16 heavy (non-hydrogen) atoms. The Balaban J connectivity index is 0. The zero-order valence-corrected chi connectivity index (χ0v) is 10.2. The molecule has 0 N–H and O–H groups in total. The molecule has 0 aromatic carbocycles. The van der Waals surface area contributed by atoms with Gasteiger partial charge in [0.15, 0.2) is 0 Å². The van der Waals surface area contributed by atoms with Gasteiger partial charge in [0.05, 0.1) is 12.5 Å². The maximum atomic E-state index is 11.3. The number of allylic oxidation sites excluding steroid dienone is 1. The van der Waals surface area contributed by atoms with Crippen LogP contribution in [0.5, 0.6) is 0 Å². The molecular weight excluding hydrogens is 201 g/mol. The van der Waals surface area contributed by atoms with Crippen molar-refractivity contribution in [2.24, 2.45) is 0 Å². The zero-order valence-electron chi connectivity index (χ0n) is 10.2. The number of nitrogens with zero attached hydrogens (tertiary/aromatic N) is 1. The monoisotopic (exact) mass is 219 g/mol. The largest absolute Gasteiger partial charge is 1.00 e. The van der Waals surface area contributed by atoms with Crippen LogP contribution in [0.2, 0.25) is 0 Å². The number of carboxylic acids is 1. The van der Waals surface area contributed by atoms with Crippen LogP contribution >= 0.6 is 0 Å². The second-order valence-electron chi connectivity index (χ2n) is 3.51. The molecule has 0 aliphatic rings. The number of amides is 1. The van der Waals surface area contributed by atoms with Crippen molar-refractivity contribution in [3.8, 4) is 0 Å². The van der Waals surface area contributed by atoms with Crippen molar-refractivity contribution in [3.63, 3.8) is 0 Å². The van der Waals surface area contributed by atoms with Gasteiger partial charge in [0.1, 0.15) is 0 Å². The van der Waals surface area contributed by atoms with Crippen LogP contribution in [0.3, 0.4) is 0 Å². The van der Waals surface area contributed by atoms with Gasteiger partial charge < -0.3 is 14.8 Å². The summed E-state index contributed by atoms with van der Waals surface area (Å²) in [4.78, 5) is 22.7. The van der Waals surface area contributed by atoms with Crippen molar-refractivity contribution in [2.75, 3.05) is 13.6 Å². The molecule has 0 rings (SSSR count). The van der Waals surface area contributed by atoms with Gasteiger partial charge in [-0.05, 0) is 19.3 Å². The molecule has 0 spiro atoms. The molecule has 0 bridgehead atoms. The normalized spacial score (nSPS) is 9.06. The SMILES string of the molecule is C=CCCCCCC(=O)N(C)CC(=O)[O-].[Li+]. The van der Waals surface area contributed by atoms with Crippen molar-refractivity contribution in [3.05, 3.63) is 12.7 Å². The van der Waals surface area contributed by atoms with E-state index in [4.69, 9.17) is 0 Å². The molecule has 0 radical (unpaired) electrons. The average molecular weight is 219 g/mol. The van der Waals surface area contributed by atoms with E-state index in [1.54, 1.807) is 0 Å². The molecule has 0 heterocycles. The van der Waals surface area contributed by atoms with Gasteiger partial charge in [-0.1, -0.05) is 12.5 Å². The van der Waals surface area contributed by atoms with E-state index >= 15 is 0 Å². The zero-order chi connectivity index (χ0) is 11.7. The maximum Gasteiger partial charge on any atom is 1.00 e. The first-order valence-electron chi connectivity index (χ1n) is 5.12. The van der Waals surface area contributed by atoms with E-state index < -0.39 is 5.97 Å². The molecule has 0 aromatic rings. The number of unbranched alkanes of at least 4 members (excludes halogenated alkanes) is 3. The number of carboxylic acid groups (broad SMARTS) is 1. The van der Waals surface area contributed by atoms with Crippen LogP contribution in [0, 0.1) is 0 Å². The number of rotatable bonds is 8. The molecule has 0 saturated carbocycles. The number of hydrogen-bond acceptors (Lipinski definition) is 3. The standard InChI is InChI=1S/C11H19NO3.Li/c1-3-4-5-6-7-8-10(13)12(2)9-11(14)15;/h3H,1,4-9H2,2H3,(H,14,15);/q;+1/p-1. The van der Waals surface area contributed by atoms with Crippen molar-refractivity contribution in [1.29, 1.82) is 0 Å². The summed E-state index contributed by atoms with van der Waals surface area (Å²) in [5.74, 6) is -1.37. The van der Waals surface area contributed by atoms with Crippen molar-refractivity contribution in [1.82, 2.24) is 4.90 Å². The van der Waals surface area contributed by atoms with Crippen LogP contribution in [0.1, 0.15) is 32.1 Å². The summed E-state index contributed by atoms with van der Waals surface area (Å²) in [7, 11) is 1.47. The van der Waals surface area contributed by atoms with Crippen LogP contribution in [0.4, 0.5) is 0 Å². The summed E-state index contributed by atoms with van der Waals surface area (Å²) in [5, 5.41) is 10.2. The van der Waals surface area contributed by atoms with Crippen LogP contribution in [-0.2, 0) is 9.59 Å². The van der Waals surface area contributed by atoms with Crippen LogP contribution in [0.25, 0.3) is 0 Å². The number of aliphatic carboxylic acids is 1. The minimum Gasteiger partial charge on any atom is -0.548 e. The van der Waals surface area contributed by atoms with Crippen molar-refractivity contribution < 1.29 is 33.6 Å². The molecule has 0 aliphatic heterocycles. The Morgan fingerprint density at radius 2 is 1.94 bits per heavy atom.